The third-order valence-electron chi connectivity index (χ3n) is 2.12. The van der Waals surface area contributed by atoms with Gasteiger partial charge >= 0.3 is 0 Å². The highest BCUT2D eigenvalue weighted by Crippen LogP contribution is 2.07. The minimum Gasteiger partial charge on any atom is -0.292 e. The maximum absolute atomic E-state index is 11.0. The Labute approximate surface area is 84.1 Å². The molecule has 0 unspecified atom stereocenters. The van der Waals surface area contributed by atoms with Gasteiger partial charge in [0.2, 0.25) is 5.78 Å². The van der Waals surface area contributed by atoms with Crippen molar-refractivity contribution in [2.45, 2.75) is 0 Å². The molecule has 0 bridgehead atoms. The topological polar surface area (TPSA) is 60.2 Å². The second-order valence-corrected chi connectivity index (χ2v) is 3.13. The van der Waals surface area contributed by atoms with Crippen molar-refractivity contribution in [2.75, 3.05) is 0 Å². The second kappa shape index (κ2) is 2.84. The molecule has 15 heavy (non-hydrogen) atoms. The number of nitrogens with zero attached hydrogens (tertiary/aromatic N) is 4. The van der Waals surface area contributed by atoms with Gasteiger partial charge in [-0.05, 0) is 12.1 Å². The van der Waals surface area contributed by atoms with Gasteiger partial charge in [0.15, 0.2) is 5.65 Å². The SMILES string of the molecule is O=c1ccn2cc3cccnc3nc2n1. The Morgan fingerprint density at radius 2 is 2.13 bits per heavy atom. The van der Waals surface area contributed by atoms with E-state index >= 15 is 0 Å². The third-order valence-corrected chi connectivity index (χ3v) is 2.12. The normalized spacial score (nSPS) is 10.9. The van der Waals surface area contributed by atoms with Crippen LogP contribution in [0, 0.1) is 0 Å². The number of hydrogen-bond donors (Lipinski definition) is 0. The van der Waals surface area contributed by atoms with E-state index < -0.39 is 0 Å². The zero-order valence-corrected chi connectivity index (χ0v) is 7.66. The van der Waals surface area contributed by atoms with E-state index in [0.717, 1.165) is 5.39 Å². The summed E-state index contributed by atoms with van der Waals surface area (Å²) in [6.07, 6.45) is 5.15. The fraction of sp³-hybridized carbons (Fsp3) is 0. The fourth-order valence-electron chi connectivity index (χ4n) is 1.44. The highest BCUT2D eigenvalue weighted by Gasteiger charge is 1.99. The van der Waals surface area contributed by atoms with Crippen LogP contribution in [0.3, 0.4) is 0 Å². The highest BCUT2D eigenvalue weighted by atomic mass is 16.1. The van der Waals surface area contributed by atoms with Crippen LogP contribution in [0.1, 0.15) is 0 Å². The monoisotopic (exact) mass is 198 g/mol. The van der Waals surface area contributed by atoms with Gasteiger partial charge in [0.1, 0.15) is 0 Å². The number of rotatable bonds is 0. The van der Waals surface area contributed by atoms with Crippen LogP contribution in [-0.4, -0.2) is 19.4 Å². The molecule has 3 rings (SSSR count). The van der Waals surface area contributed by atoms with Crippen LogP contribution in [0.15, 0.2) is 41.6 Å². The smallest absolute Gasteiger partial charge is 0.274 e. The Morgan fingerprint density at radius 3 is 3.07 bits per heavy atom. The van der Waals surface area contributed by atoms with Gasteiger partial charge in [0.05, 0.1) is 0 Å². The van der Waals surface area contributed by atoms with E-state index in [-0.39, 0.29) is 5.56 Å². The van der Waals surface area contributed by atoms with Gasteiger partial charge in [0.25, 0.3) is 5.56 Å². The summed E-state index contributed by atoms with van der Waals surface area (Å²) >= 11 is 0. The van der Waals surface area contributed by atoms with Gasteiger partial charge < -0.3 is 0 Å². The number of pyridine rings is 1. The molecule has 0 spiro atoms. The first-order valence-corrected chi connectivity index (χ1v) is 4.44. The van der Waals surface area contributed by atoms with Crippen molar-refractivity contribution in [1.82, 2.24) is 19.4 Å². The molecular weight excluding hydrogens is 192 g/mol. The number of hydrogen-bond acceptors (Lipinski definition) is 4. The first-order valence-electron chi connectivity index (χ1n) is 4.44. The molecule has 3 aromatic rings. The second-order valence-electron chi connectivity index (χ2n) is 3.13. The average molecular weight is 198 g/mol. The summed E-state index contributed by atoms with van der Waals surface area (Å²) < 4.78 is 1.70. The van der Waals surface area contributed by atoms with E-state index in [0.29, 0.717) is 11.4 Å². The molecule has 0 fully saturated rings. The number of aromatic nitrogens is 4. The molecule has 0 saturated heterocycles. The summed E-state index contributed by atoms with van der Waals surface area (Å²) in [5.41, 5.74) is 0.299. The summed E-state index contributed by atoms with van der Waals surface area (Å²) in [5.74, 6) is 0.369. The fourth-order valence-corrected chi connectivity index (χ4v) is 1.44. The summed E-state index contributed by atoms with van der Waals surface area (Å²) in [5, 5.41) is 0.912. The molecule has 0 saturated carbocycles. The minimum absolute atomic E-state index is 0.294. The quantitative estimate of drug-likeness (QED) is 0.497. The molecule has 3 heterocycles. The first kappa shape index (κ1) is 8.05. The van der Waals surface area contributed by atoms with Crippen LogP contribution in [0.4, 0.5) is 0 Å². The van der Waals surface area contributed by atoms with Gasteiger partial charge in [-0.3, -0.25) is 9.20 Å². The molecule has 3 aromatic heterocycles. The summed E-state index contributed by atoms with van der Waals surface area (Å²) in [7, 11) is 0. The van der Waals surface area contributed by atoms with E-state index in [1.165, 1.54) is 6.07 Å². The van der Waals surface area contributed by atoms with E-state index in [9.17, 15) is 4.79 Å². The van der Waals surface area contributed by atoms with Gasteiger partial charge in [0, 0.05) is 30.0 Å². The minimum atomic E-state index is -0.294. The first-order chi connectivity index (χ1) is 7.33. The lowest BCUT2D eigenvalue weighted by Gasteiger charge is -2.00. The van der Waals surface area contributed by atoms with Crippen LogP contribution < -0.4 is 5.56 Å². The van der Waals surface area contributed by atoms with E-state index in [1.807, 2.05) is 18.3 Å². The van der Waals surface area contributed by atoms with Gasteiger partial charge in [-0.1, -0.05) is 0 Å². The van der Waals surface area contributed by atoms with Crippen molar-refractivity contribution in [3.63, 3.8) is 0 Å². The lowest BCUT2D eigenvalue weighted by atomic mass is 10.3. The third kappa shape index (κ3) is 1.25. The Morgan fingerprint density at radius 1 is 1.20 bits per heavy atom. The molecule has 0 aliphatic heterocycles. The lowest BCUT2D eigenvalue weighted by molar-refractivity contribution is 1.03. The summed E-state index contributed by atoms with van der Waals surface area (Å²) in [4.78, 5) is 23.1. The van der Waals surface area contributed by atoms with Gasteiger partial charge in [-0.2, -0.15) is 9.97 Å². The Bertz CT molecular complexity index is 704. The molecule has 0 N–H and O–H groups in total. The van der Waals surface area contributed by atoms with E-state index in [1.54, 1.807) is 16.8 Å². The predicted octanol–water partition coefficient (Wildman–Crippen LogP) is 0.638. The molecule has 5 nitrogen and oxygen atoms in total. The predicted molar refractivity (Wildman–Crippen MR) is 54.6 cm³/mol. The lowest BCUT2D eigenvalue weighted by Crippen LogP contribution is -2.08. The number of fused-ring (bicyclic) bond motifs is 2. The largest absolute Gasteiger partial charge is 0.292 e. The van der Waals surface area contributed by atoms with Crippen LogP contribution in [0.5, 0.6) is 0 Å². The molecule has 72 valence electrons. The summed E-state index contributed by atoms with van der Waals surface area (Å²) in [6, 6.07) is 5.15. The molecule has 0 aromatic carbocycles. The molecule has 0 amide bonds. The van der Waals surface area contributed by atoms with Crippen LogP contribution in [0.25, 0.3) is 16.8 Å². The molecule has 0 aliphatic carbocycles. The maximum atomic E-state index is 11.0. The van der Waals surface area contributed by atoms with Crippen LogP contribution in [-0.2, 0) is 0 Å². The molecule has 5 heteroatoms. The van der Waals surface area contributed by atoms with Gasteiger partial charge in [-0.25, -0.2) is 4.98 Å². The Hall–Kier alpha value is -2.30. The maximum Gasteiger partial charge on any atom is 0.274 e. The zero-order chi connectivity index (χ0) is 10.3. The van der Waals surface area contributed by atoms with E-state index in [2.05, 4.69) is 15.0 Å². The van der Waals surface area contributed by atoms with Crippen molar-refractivity contribution >= 4 is 16.8 Å². The zero-order valence-electron chi connectivity index (χ0n) is 7.66. The standard InChI is InChI=1S/C10H6N4O/c15-8-3-5-14-6-7-2-1-4-11-9(7)13-10(14)12-8/h1-6H. The molecule has 0 radical (unpaired) electrons. The Balaban J connectivity index is 2.53. The Kier molecular flexibility index (Phi) is 1.53. The highest BCUT2D eigenvalue weighted by molar-refractivity contribution is 5.74. The molecule has 0 aliphatic rings. The van der Waals surface area contributed by atoms with Crippen LogP contribution >= 0.6 is 0 Å². The van der Waals surface area contributed by atoms with Crippen molar-refractivity contribution < 1.29 is 0 Å². The summed E-state index contributed by atoms with van der Waals surface area (Å²) in [6.45, 7) is 0. The average Bonchev–Trinajstić information content (AvgIpc) is 2.26. The van der Waals surface area contributed by atoms with Crippen LogP contribution in [0.2, 0.25) is 0 Å². The molecular formula is C10H6N4O. The van der Waals surface area contributed by atoms with Crippen molar-refractivity contribution in [2.24, 2.45) is 0 Å². The van der Waals surface area contributed by atoms with Crippen molar-refractivity contribution in [3.8, 4) is 0 Å². The van der Waals surface area contributed by atoms with Crippen molar-refractivity contribution in [3.05, 3.63) is 47.1 Å². The van der Waals surface area contributed by atoms with E-state index in [4.69, 9.17) is 0 Å². The van der Waals surface area contributed by atoms with Crippen molar-refractivity contribution in [1.29, 1.82) is 0 Å². The molecule has 0 atom stereocenters. The van der Waals surface area contributed by atoms with Gasteiger partial charge in [-0.15, -0.1) is 0 Å².